The predicted molar refractivity (Wildman–Crippen MR) is 99.4 cm³/mol. The van der Waals surface area contributed by atoms with E-state index in [9.17, 15) is 0 Å². The van der Waals surface area contributed by atoms with Crippen LogP contribution in [-0.2, 0) is 16.3 Å². The van der Waals surface area contributed by atoms with Gasteiger partial charge in [-0.1, -0.05) is 42.4 Å². The number of ether oxygens (including phenoxy) is 2. The smallest absolute Gasteiger partial charge is 0.216 e. The number of hydrogen-bond donors (Lipinski definition) is 1. The Labute approximate surface area is 153 Å². The zero-order valence-electron chi connectivity index (χ0n) is 15.4. The molecule has 1 N–H and O–H groups in total. The molecule has 0 aliphatic carbocycles. The topological polar surface area (TPSA) is 74.2 Å². The molecular formula is C19H25N3O4. The number of pyridine rings is 1. The standard InChI is InChI=1S/C19H25N3O4/c1-4-12-24-18-10-7-11-19(21-18)25-13-15-8-5-6-9-16(15)17(22-23-3)14-26-20-2/h5-11,20H,4,12-14H2,1-3H3/b22-17-. The Hall–Kier alpha value is -2.64. The average molecular weight is 359 g/mol. The second-order valence-corrected chi connectivity index (χ2v) is 5.32. The lowest BCUT2D eigenvalue weighted by molar-refractivity contribution is 0.0866. The lowest BCUT2D eigenvalue weighted by Gasteiger charge is -2.13. The van der Waals surface area contributed by atoms with Crippen LogP contribution >= 0.6 is 0 Å². The highest BCUT2D eigenvalue weighted by Gasteiger charge is 2.11. The van der Waals surface area contributed by atoms with Crippen LogP contribution in [0.3, 0.4) is 0 Å². The molecule has 0 fully saturated rings. The van der Waals surface area contributed by atoms with Crippen LogP contribution in [0, 0.1) is 0 Å². The first-order valence-corrected chi connectivity index (χ1v) is 8.48. The molecule has 2 aromatic rings. The second-order valence-electron chi connectivity index (χ2n) is 5.32. The van der Waals surface area contributed by atoms with E-state index < -0.39 is 0 Å². The van der Waals surface area contributed by atoms with E-state index in [4.69, 9.17) is 19.1 Å². The Kier molecular flexibility index (Phi) is 8.38. The molecular weight excluding hydrogens is 334 g/mol. The molecule has 0 saturated heterocycles. The summed E-state index contributed by atoms with van der Waals surface area (Å²) in [6, 6.07) is 13.3. The molecule has 0 aliphatic heterocycles. The first-order valence-electron chi connectivity index (χ1n) is 8.48. The number of aromatic nitrogens is 1. The van der Waals surface area contributed by atoms with Crippen LogP contribution in [0.1, 0.15) is 24.5 Å². The highest BCUT2D eigenvalue weighted by Crippen LogP contribution is 2.17. The quantitative estimate of drug-likeness (QED) is 0.491. The van der Waals surface area contributed by atoms with Crippen LogP contribution in [0.25, 0.3) is 0 Å². The molecule has 7 nitrogen and oxygen atoms in total. The maximum Gasteiger partial charge on any atom is 0.216 e. The maximum atomic E-state index is 5.84. The molecule has 0 amide bonds. The summed E-state index contributed by atoms with van der Waals surface area (Å²) in [6.07, 6.45) is 0.927. The molecule has 2 rings (SSSR count). The normalized spacial score (nSPS) is 11.3. The van der Waals surface area contributed by atoms with Gasteiger partial charge in [-0.25, -0.2) is 5.48 Å². The third kappa shape index (κ3) is 6.02. The van der Waals surface area contributed by atoms with E-state index in [1.54, 1.807) is 13.1 Å². The molecule has 0 atom stereocenters. The van der Waals surface area contributed by atoms with Gasteiger partial charge in [0.25, 0.3) is 0 Å². The number of hydrogen-bond acceptors (Lipinski definition) is 7. The van der Waals surface area contributed by atoms with E-state index in [1.807, 2.05) is 43.3 Å². The predicted octanol–water partition coefficient (Wildman–Crippen LogP) is 2.95. The van der Waals surface area contributed by atoms with Crippen molar-refractivity contribution in [3.05, 3.63) is 53.6 Å². The first-order chi connectivity index (χ1) is 12.8. The summed E-state index contributed by atoms with van der Waals surface area (Å²) in [6.45, 7) is 3.28. The van der Waals surface area contributed by atoms with Crippen molar-refractivity contribution < 1.29 is 19.1 Å². The molecule has 1 aromatic carbocycles. The van der Waals surface area contributed by atoms with Crippen LogP contribution in [0.5, 0.6) is 11.8 Å². The van der Waals surface area contributed by atoms with Gasteiger partial charge in [0.15, 0.2) is 0 Å². The second kappa shape index (κ2) is 11.1. The van der Waals surface area contributed by atoms with E-state index in [1.165, 1.54) is 7.11 Å². The van der Waals surface area contributed by atoms with Crippen LogP contribution < -0.4 is 15.0 Å². The highest BCUT2D eigenvalue weighted by atomic mass is 16.6. The van der Waals surface area contributed by atoms with Gasteiger partial charge >= 0.3 is 0 Å². The number of nitrogens with one attached hydrogen (secondary N) is 1. The Morgan fingerprint density at radius 1 is 1.08 bits per heavy atom. The summed E-state index contributed by atoms with van der Waals surface area (Å²) >= 11 is 0. The number of rotatable bonds is 11. The Bertz CT molecular complexity index is 707. The molecule has 0 radical (unpaired) electrons. The number of benzene rings is 1. The summed E-state index contributed by atoms with van der Waals surface area (Å²) in [5.41, 5.74) is 5.14. The molecule has 0 spiro atoms. The van der Waals surface area contributed by atoms with E-state index in [-0.39, 0.29) is 6.61 Å². The zero-order chi connectivity index (χ0) is 18.6. The molecule has 0 saturated carbocycles. The van der Waals surface area contributed by atoms with Crippen molar-refractivity contribution in [1.29, 1.82) is 0 Å². The van der Waals surface area contributed by atoms with E-state index in [0.717, 1.165) is 17.5 Å². The first kappa shape index (κ1) is 19.7. The van der Waals surface area contributed by atoms with Gasteiger partial charge in [-0.05, 0) is 12.0 Å². The van der Waals surface area contributed by atoms with Crippen molar-refractivity contribution in [3.63, 3.8) is 0 Å². The van der Waals surface area contributed by atoms with E-state index >= 15 is 0 Å². The fourth-order valence-corrected chi connectivity index (χ4v) is 2.25. The Morgan fingerprint density at radius 2 is 1.85 bits per heavy atom. The van der Waals surface area contributed by atoms with Crippen molar-refractivity contribution >= 4 is 5.71 Å². The largest absolute Gasteiger partial charge is 0.478 e. The molecule has 0 unspecified atom stereocenters. The van der Waals surface area contributed by atoms with Crippen molar-refractivity contribution in [1.82, 2.24) is 10.5 Å². The maximum absolute atomic E-state index is 5.84. The van der Waals surface area contributed by atoms with Crippen LogP contribution in [0.15, 0.2) is 47.6 Å². The average Bonchev–Trinajstić information content (AvgIpc) is 2.68. The lowest BCUT2D eigenvalue weighted by atomic mass is 10.0. The minimum absolute atomic E-state index is 0.264. The minimum Gasteiger partial charge on any atom is -0.478 e. The van der Waals surface area contributed by atoms with Gasteiger partial charge in [-0.15, -0.1) is 0 Å². The van der Waals surface area contributed by atoms with Gasteiger partial charge in [-0.2, -0.15) is 4.98 Å². The number of oxime groups is 1. The van der Waals surface area contributed by atoms with Crippen molar-refractivity contribution in [2.45, 2.75) is 20.0 Å². The zero-order valence-corrected chi connectivity index (χ0v) is 15.4. The molecule has 0 aliphatic rings. The van der Waals surface area contributed by atoms with Crippen LogP contribution in [0.2, 0.25) is 0 Å². The van der Waals surface area contributed by atoms with Crippen molar-refractivity contribution in [2.24, 2.45) is 5.16 Å². The van der Waals surface area contributed by atoms with Gasteiger partial charge in [-0.3, -0.25) is 4.84 Å². The highest BCUT2D eigenvalue weighted by molar-refractivity contribution is 6.02. The van der Waals surface area contributed by atoms with Crippen molar-refractivity contribution in [3.8, 4) is 11.8 Å². The summed E-state index contributed by atoms with van der Waals surface area (Å²) in [5, 5.41) is 4.06. The molecule has 1 aromatic heterocycles. The Balaban J connectivity index is 2.11. The van der Waals surface area contributed by atoms with Gasteiger partial charge in [0, 0.05) is 24.7 Å². The third-order valence-corrected chi connectivity index (χ3v) is 3.41. The minimum atomic E-state index is 0.264. The van der Waals surface area contributed by atoms with Crippen LogP contribution in [0.4, 0.5) is 0 Å². The molecule has 140 valence electrons. The number of nitrogens with zero attached hydrogens (tertiary/aromatic N) is 2. The molecule has 1 heterocycles. The third-order valence-electron chi connectivity index (χ3n) is 3.41. The van der Waals surface area contributed by atoms with Crippen LogP contribution in [-0.4, -0.2) is 38.1 Å². The summed E-state index contributed by atoms with van der Waals surface area (Å²) in [7, 11) is 3.20. The SMILES string of the molecule is CCCOc1cccc(OCc2ccccc2/C(CONC)=N\OC)n1. The summed E-state index contributed by atoms with van der Waals surface area (Å²) < 4.78 is 11.4. The van der Waals surface area contributed by atoms with E-state index in [0.29, 0.717) is 30.7 Å². The summed E-state index contributed by atoms with van der Waals surface area (Å²) in [5.74, 6) is 1.06. The van der Waals surface area contributed by atoms with E-state index in [2.05, 4.69) is 15.6 Å². The lowest BCUT2D eigenvalue weighted by Crippen LogP contribution is -2.19. The fourth-order valence-electron chi connectivity index (χ4n) is 2.25. The molecule has 7 heteroatoms. The summed E-state index contributed by atoms with van der Waals surface area (Å²) in [4.78, 5) is 14.5. The van der Waals surface area contributed by atoms with Gasteiger partial charge in [0.1, 0.15) is 26.0 Å². The Morgan fingerprint density at radius 3 is 2.58 bits per heavy atom. The van der Waals surface area contributed by atoms with Gasteiger partial charge in [0.05, 0.1) is 6.61 Å². The molecule has 26 heavy (non-hydrogen) atoms. The molecule has 0 bridgehead atoms. The van der Waals surface area contributed by atoms with Gasteiger partial charge in [0.2, 0.25) is 11.8 Å². The number of hydroxylamine groups is 1. The van der Waals surface area contributed by atoms with Gasteiger partial charge < -0.3 is 14.3 Å². The fraction of sp³-hybridized carbons (Fsp3) is 0.368. The van der Waals surface area contributed by atoms with Crippen molar-refractivity contribution in [2.75, 3.05) is 27.4 Å². The monoisotopic (exact) mass is 359 g/mol.